The molecule has 3 heterocycles. The number of amides is 1. The zero-order chi connectivity index (χ0) is 18.4. The van der Waals surface area contributed by atoms with Crippen LogP contribution in [0.25, 0.3) is 10.3 Å². The zero-order valence-electron chi connectivity index (χ0n) is 15.8. The van der Waals surface area contributed by atoms with Crippen LogP contribution in [0.5, 0.6) is 0 Å². The average Bonchev–Trinajstić information content (AvgIpc) is 3.12. The fraction of sp³-hybridized carbons (Fsp3) is 0.632. The van der Waals surface area contributed by atoms with Crippen molar-refractivity contribution in [3.05, 3.63) is 18.3 Å². The van der Waals surface area contributed by atoms with E-state index in [-0.39, 0.29) is 11.8 Å². The Hall–Kier alpha value is -1.73. The van der Waals surface area contributed by atoms with Gasteiger partial charge in [-0.15, -0.1) is 0 Å². The third kappa shape index (κ3) is 4.71. The number of nitrogens with zero attached hydrogens (tertiary/aromatic N) is 4. The fourth-order valence-electron chi connectivity index (χ4n) is 3.46. The molecule has 7 heteroatoms. The van der Waals surface area contributed by atoms with Gasteiger partial charge in [0.25, 0.3) is 0 Å². The highest BCUT2D eigenvalue weighted by atomic mass is 32.1. The van der Waals surface area contributed by atoms with Gasteiger partial charge in [-0.05, 0) is 51.0 Å². The van der Waals surface area contributed by atoms with Gasteiger partial charge in [0.15, 0.2) is 5.13 Å². The molecular weight excluding hydrogens is 346 g/mol. The van der Waals surface area contributed by atoms with Crippen LogP contribution in [-0.4, -0.2) is 60.0 Å². The Labute approximate surface area is 159 Å². The van der Waals surface area contributed by atoms with Gasteiger partial charge >= 0.3 is 0 Å². The minimum Gasteiger partial charge on any atom is -0.356 e. The number of thiazole rings is 1. The summed E-state index contributed by atoms with van der Waals surface area (Å²) in [5.41, 5.74) is 0.940. The number of hydrogen-bond acceptors (Lipinski definition) is 6. The van der Waals surface area contributed by atoms with Crippen LogP contribution in [0.15, 0.2) is 18.3 Å². The zero-order valence-corrected chi connectivity index (χ0v) is 16.6. The first-order valence-electron chi connectivity index (χ1n) is 9.67. The molecule has 0 saturated carbocycles. The number of anilines is 1. The first kappa shape index (κ1) is 19.0. The highest BCUT2D eigenvalue weighted by molar-refractivity contribution is 7.21. The Balaban J connectivity index is 1.50. The van der Waals surface area contributed by atoms with E-state index in [0.717, 1.165) is 74.0 Å². The predicted octanol–water partition coefficient (Wildman–Crippen LogP) is 2.76. The average molecular weight is 376 g/mol. The third-order valence-electron chi connectivity index (χ3n) is 5.06. The maximum absolute atomic E-state index is 12.6. The van der Waals surface area contributed by atoms with Crippen molar-refractivity contribution < 1.29 is 4.79 Å². The number of pyridine rings is 1. The number of nitrogens with one attached hydrogen (secondary N) is 1. The summed E-state index contributed by atoms with van der Waals surface area (Å²) in [5, 5.41) is 4.12. The summed E-state index contributed by atoms with van der Waals surface area (Å²) in [6.07, 6.45) is 4.80. The van der Waals surface area contributed by atoms with E-state index in [1.54, 1.807) is 17.5 Å². The van der Waals surface area contributed by atoms with E-state index in [9.17, 15) is 4.79 Å². The number of aromatic nitrogens is 2. The maximum atomic E-state index is 12.6. The number of piperidine rings is 1. The van der Waals surface area contributed by atoms with E-state index in [1.807, 2.05) is 12.1 Å². The molecule has 3 rings (SSSR count). The molecule has 0 aliphatic carbocycles. The van der Waals surface area contributed by atoms with Crippen molar-refractivity contribution >= 4 is 32.7 Å². The molecular formula is C19H29N5OS. The van der Waals surface area contributed by atoms with Gasteiger partial charge in [0.2, 0.25) is 5.91 Å². The van der Waals surface area contributed by atoms with Crippen molar-refractivity contribution in [1.29, 1.82) is 0 Å². The number of carbonyl (C=O) groups excluding carboxylic acids is 1. The maximum Gasteiger partial charge on any atom is 0.224 e. The molecule has 0 aromatic carbocycles. The minimum absolute atomic E-state index is 0.0529. The Bertz CT molecular complexity index is 682. The van der Waals surface area contributed by atoms with Crippen LogP contribution < -0.4 is 10.2 Å². The van der Waals surface area contributed by atoms with Crippen LogP contribution in [0.2, 0.25) is 0 Å². The second kappa shape index (κ2) is 9.28. The van der Waals surface area contributed by atoms with Crippen LogP contribution >= 0.6 is 11.3 Å². The largest absolute Gasteiger partial charge is 0.356 e. The van der Waals surface area contributed by atoms with Crippen molar-refractivity contribution in [2.75, 3.05) is 44.2 Å². The molecule has 1 unspecified atom stereocenters. The van der Waals surface area contributed by atoms with Crippen LogP contribution in [0.3, 0.4) is 0 Å². The van der Waals surface area contributed by atoms with Crippen LogP contribution in [0.4, 0.5) is 5.13 Å². The van der Waals surface area contributed by atoms with Crippen LogP contribution in [-0.2, 0) is 4.79 Å². The van der Waals surface area contributed by atoms with Gasteiger partial charge in [-0.3, -0.25) is 4.79 Å². The molecule has 1 aliphatic heterocycles. The summed E-state index contributed by atoms with van der Waals surface area (Å²) < 4.78 is 0. The third-order valence-corrected chi connectivity index (χ3v) is 6.10. The number of carbonyl (C=O) groups is 1. The van der Waals surface area contributed by atoms with Crippen LogP contribution in [0, 0.1) is 5.92 Å². The summed E-state index contributed by atoms with van der Waals surface area (Å²) in [5.74, 6) is 0.241. The van der Waals surface area contributed by atoms with Gasteiger partial charge in [-0.25, -0.2) is 9.97 Å². The molecule has 0 bridgehead atoms. The molecule has 2 aromatic rings. The first-order chi connectivity index (χ1) is 12.7. The van der Waals surface area contributed by atoms with Gasteiger partial charge in [0, 0.05) is 25.8 Å². The minimum atomic E-state index is 0.0529. The van der Waals surface area contributed by atoms with Gasteiger partial charge in [0.05, 0.1) is 5.92 Å². The summed E-state index contributed by atoms with van der Waals surface area (Å²) >= 11 is 1.61. The van der Waals surface area contributed by atoms with Gasteiger partial charge < -0.3 is 15.1 Å². The van der Waals surface area contributed by atoms with E-state index in [4.69, 9.17) is 0 Å². The van der Waals surface area contributed by atoms with E-state index < -0.39 is 0 Å². The second-order valence-electron chi connectivity index (χ2n) is 6.78. The SMILES string of the molecule is CCN(CC)CCCNC(=O)C1CCCN(c2nc3cccnc3s2)C1. The summed E-state index contributed by atoms with van der Waals surface area (Å²) in [7, 11) is 0. The van der Waals surface area contributed by atoms with E-state index in [2.05, 4.69) is 38.9 Å². The van der Waals surface area contributed by atoms with Crippen molar-refractivity contribution in [2.24, 2.45) is 5.92 Å². The monoisotopic (exact) mass is 375 g/mol. The quantitative estimate of drug-likeness (QED) is 0.719. The Morgan fingerprint density at radius 3 is 3.04 bits per heavy atom. The number of hydrogen-bond donors (Lipinski definition) is 1. The molecule has 1 aliphatic rings. The van der Waals surface area contributed by atoms with Crippen LogP contribution in [0.1, 0.15) is 33.1 Å². The van der Waals surface area contributed by atoms with E-state index in [0.29, 0.717) is 0 Å². The number of rotatable bonds is 8. The molecule has 0 spiro atoms. The lowest BCUT2D eigenvalue weighted by molar-refractivity contribution is -0.125. The summed E-state index contributed by atoms with van der Waals surface area (Å²) in [6.45, 7) is 10.0. The summed E-state index contributed by atoms with van der Waals surface area (Å²) in [6, 6.07) is 3.91. The van der Waals surface area contributed by atoms with Gasteiger partial charge in [0.1, 0.15) is 10.3 Å². The van der Waals surface area contributed by atoms with Crippen molar-refractivity contribution in [3.63, 3.8) is 0 Å². The molecule has 1 amide bonds. The lowest BCUT2D eigenvalue weighted by Crippen LogP contribution is -2.43. The highest BCUT2D eigenvalue weighted by Gasteiger charge is 2.27. The Morgan fingerprint density at radius 2 is 2.27 bits per heavy atom. The summed E-state index contributed by atoms with van der Waals surface area (Å²) in [4.78, 5) is 27.2. The molecule has 1 atom stereocenters. The van der Waals surface area contributed by atoms with E-state index >= 15 is 0 Å². The highest BCUT2D eigenvalue weighted by Crippen LogP contribution is 2.30. The lowest BCUT2D eigenvalue weighted by Gasteiger charge is -2.31. The van der Waals surface area contributed by atoms with E-state index in [1.165, 1.54) is 0 Å². The molecule has 6 nitrogen and oxygen atoms in total. The Morgan fingerprint density at radius 1 is 1.42 bits per heavy atom. The normalized spacial score (nSPS) is 17.8. The van der Waals surface area contributed by atoms with Crippen molar-refractivity contribution in [2.45, 2.75) is 33.1 Å². The lowest BCUT2D eigenvalue weighted by atomic mass is 9.97. The molecule has 1 N–H and O–H groups in total. The molecule has 1 fully saturated rings. The fourth-order valence-corrected chi connectivity index (χ4v) is 4.40. The topological polar surface area (TPSA) is 61.4 Å². The van der Waals surface area contributed by atoms with Gasteiger partial charge in [-0.1, -0.05) is 25.2 Å². The molecule has 2 aromatic heterocycles. The van der Waals surface area contributed by atoms with Gasteiger partial charge in [-0.2, -0.15) is 0 Å². The smallest absolute Gasteiger partial charge is 0.224 e. The number of fused-ring (bicyclic) bond motifs is 1. The Kier molecular flexibility index (Phi) is 6.80. The molecule has 1 saturated heterocycles. The standard InChI is InChI=1S/C19H29N5OS/c1-3-23(4-2)12-7-11-20-17(25)15-8-6-13-24(14-15)19-22-16-9-5-10-21-18(16)26-19/h5,9-10,15H,3-4,6-8,11-14H2,1-2H3,(H,20,25). The molecule has 142 valence electrons. The van der Waals surface area contributed by atoms with Crippen molar-refractivity contribution in [1.82, 2.24) is 20.2 Å². The molecule has 0 radical (unpaired) electrons. The van der Waals surface area contributed by atoms with Crippen molar-refractivity contribution in [3.8, 4) is 0 Å². The first-order valence-corrected chi connectivity index (χ1v) is 10.5. The predicted molar refractivity (Wildman–Crippen MR) is 108 cm³/mol. The second-order valence-corrected chi connectivity index (χ2v) is 7.74. The molecule has 26 heavy (non-hydrogen) atoms.